The van der Waals surface area contributed by atoms with Crippen LogP contribution in [0.3, 0.4) is 0 Å². The Morgan fingerprint density at radius 2 is 1.86 bits per heavy atom. The van der Waals surface area contributed by atoms with Gasteiger partial charge < -0.3 is 0 Å². The molecule has 1 heteroatoms. The normalized spacial score (nSPS) is 10.4. The van der Waals surface area contributed by atoms with Gasteiger partial charge in [0.15, 0.2) is 0 Å². The van der Waals surface area contributed by atoms with Crippen molar-refractivity contribution in [3.63, 3.8) is 0 Å². The zero-order valence-corrected chi connectivity index (χ0v) is 9.42. The van der Waals surface area contributed by atoms with Crippen molar-refractivity contribution in [3.05, 3.63) is 59.1 Å². The molecule has 70 valence electrons. The van der Waals surface area contributed by atoms with E-state index in [1.807, 2.05) is 6.08 Å². The van der Waals surface area contributed by atoms with Gasteiger partial charge in [-0.15, -0.1) is 6.58 Å². The Morgan fingerprint density at radius 1 is 1.14 bits per heavy atom. The van der Waals surface area contributed by atoms with Gasteiger partial charge in [-0.1, -0.05) is 52.3 Å². The molecule has 2 rings (SSSR count). The van der Waals surface area contributed by atoms with Gasteiger partial charge >= 0.3 is 0 Å². The van der Waals surface area contributed by atoms with Crippen molar-refractivity contribution in [1.29, 1.82) is 0 Å². The minimum Gasteiger partial charge on any atom is -0.103 e. The van der Waals surface area contributed by atoms with E-state index in [1.165, 1.54) is 16.3 Å². The fraction of sp³-hybridized carbons (Fsp3) is 0.0769. The van der Waals surface area contributed by atoms with Crippen molar-refractivity contribution < 1.29 is 0 Å². The highest BCUT2D eigenvalue weighted by Gasteiger charge is 2.02. The number of hydrogen-bond acceptors (Lipinski definition) is 0. The Morgan fingerprint density at radius 3 is 2.57 bits per heavy atom. The molecule has 0 bridgehead atoms. The van der Waals surface area contributed by atoms with Gasteiger partial charge in [-0.2, -0.15) is 0 Å². The first kappa shape index (κ1) is 9.47. The maximum atomic E-state index is 3.78. The Labute approximate surface area is 92.4 Å². The van der Waals surface area contributed by atoms with Crippen LogP contribution in [0.5, 0.6) is 0 Å². The summed E-state index contributed by atoms with van der Waals surface area (Å²) < 4.78 is 1.16. The Balaban J connectivity index is 2.77. The van der Waals surface area contributed by atoms with Gasteiger partial charge in [-0.25, -0.2) is 0 Å². The SMILES string of the molecule is C=CCc1cccc2cccc(Br)c12. The molecule has 0 unspecified atom stereocenters. The molecule has 0 spiro atoms. The van der Waals surface area contributed by atoms with Crippen LogP contribution in [0.1, 0.15) is 5.56 Å². The lowest BCUT2D eigenvalue weighted by Gasteiger charge is -2.05. The van der Waals surface area contributed by atoms with Crippen molar-refractivity contribution in [3.8, 4) is 0 Å². The summed E-state index contributed by atoms with van der Waals surface area (Å²) in [6, 6.07) is 12.6. The fourth-order valence-electron chi connectivity index (χ4n) is 1.70. The average molecular weight is 247 g/mol. The van der Waals surface area contributed by atoms with Crippen LogP contribution in [0.15, 0.2) is 53.5 Å². The number of halogens is 1. The lowest BCUT2D eigenvalue weighted by atomic mass is 10.0. The number of fused-ring (bicyclic) bond motifs is 1. The van der Waals surface area contributed by atoms with E-state index in [9.17, 15) is 0 Å². The number of benzene rings is 2. The summed E-state index contributed by atoms with van der Waals surface area (Å²) in [6.07, 6.45) is 2.86. The molecule has 0 aliphatic carbocycles. The standard InChI is InChI=1S/C13H11Br/c1-2-5-10-6-3-7-11-8-4-9-12(14)13(10)11/h2-4,6-9H,1,5H2. The van der Waals surface area contributed by atoms with Gasteiger partial charge in [0.05, 0.1) is 0 Å². The lowest BCUT2D eigenvalue weighted by Crippen LogP contribution is -1.84. The van der Waals surface area contributed by atoms with Gasteiger partial charge in [0.1, 0.15) is 0 Å². The molecule has 0 aliphatic heterocycles. The lowest BCUT2D eigenvalue weighted by molar-refractivity contribution is 1.31. The predicted octanol–water partition coefficient (Wildman–Crippen LogP) is 4.33. The summed E-state index contributed by atoms with van der Waals surface area (Å²) in [4.78, 5) is 0. The van der Waals surface area contributed by atoms with Crippen LogP contribution in [0.2, 0.25) is 0 Å². The smallest absolute Gasteiger partial charge is 0.0256 e. The molecule has 14 heavy (non-hydrogen) atoms. The molecule has 0 fully saturated rings. The van der Waals surface area contributed by atoms with Gasteiger partial charge in [0.25, 0.3) is 0 Å². The first-order valence-electron chi connectivity index (χ1n) is 4.60. The van der Waals surface area contributed by atoms with Crippen LogP contribution in [0, 0.1) is 0 Å². The number of rotatable bonds is 2. The Kier molecular flexibility index (Phi) is 2.69. The molecule has 0 amide bonds. The van der Waals surface area contributed by atoms with E-state index in [0.29, 0.717) is 0 Å². The average Bonchev–Trinajstić information content (AvgIpc) is 2.19. The molecular formula is C13H11Br. The molecular weight excluding hydrogens is 236 g/mol. The second-order valence-electron chi connectivity index (χ2n) is 3.25. The first-order valence-corrected chi connectivity index (χ1v) is 5.39. The molecule has 0 saturated heterocycles. The number of allylic oxidation sites excluding steroid dienone is 1. The van der Waals surface area contributed by atoms with E-state index in [0.717, 1.165) is 10.9 Å². The molecule has 0 aromatic heterocycles. The molecule has 2 aromatic carbocycles. The van der Waals surface area contributed by atoms with Crippen LogP contribution in [0.25, 0.3) is 10.8 Å². The van der Waals surface area contributed by atoms with E-state index in [-0.39, 0.29) is 0 Å². The summed E-state index contributed by atoms with van der Waals surface area (Å²) in [5.74, 6) is 0. The second-order valence-corrected chi connectivity index (χ2v) is 4.10. The minimum absolute atomic E-state index is 0.917. The number of hydrogen-bond donors (Lipinski definition) is 0. The Bertz CT molecular complexity index is 466. The van der Waals surface area contributed by atoms with Crippen LogP contribution in [-0.4, -0.2) is 0 Å². The van der Waals surface area contributed by atoms with Gasteiger partial charge in [-0.05, 0) is 28.8 Å². The molecule has 2 aromatic rings. The van der Waals surface area contributed by atoms with Crippen LogP contribution < -0.4 is 0 Å². The highest BCUT2D eigenvalue weighted by atomic mass is 79.9. The molecule has 0 radical (unpaired) electrons. The molecule has 0 atom stereocenters. The van der Waals surface area contributed by atoms with Gasteiger partial charge in [-0.3, -0.25) is 0 Å². The fourth-order valence-corrected chi connectivity index (χ4v) is 2.33. The first-order chi connectivity index (χ1) is 6.83. The van der Waals surface area contributed by atoms with Crippen LogP contribution in [-0.2, 0) is 6.42 Å². The van der Waals surface area contributed by atoms with Gasteiger partial charge in [0.2, 0.25) is 0 Å². The monoisotopic (exact) mass is 246 g/mol. The van der Waals surface area contributed by atoms with Crippen LogP contribution in [0.4, 0.5) is 0 Å². The summed E-state index contributed by atoms with van der Waals surface area (Å²) >= 11 is 3.58. The molecule has 0 heterocycles. The molecule has 0 nitrogen and oxygen atoms in total. The third-order valence-electron chi connectivity index (χ3n) is 2.30. The minimum atomic E-state index is 0.917. The van der Waals surface area contributed by atoms with Crippen molar-refractivity contribution in [2.45, 2.75) is 6.42 Å². The quantitative estimate of drug-likeness (QED) is 0.693. The summed E-state index contributed by atoms with van der Waals surface area (Å²) in [6.45, 7) is 3.78. The highest BCUT2D eigenvalue weighted by Crippen LogP contribution is 2.27. The third-order valence-corrected chi connectivity index (χ3v) is 2.97. The molecule has 0 aliphatic rings. The van der Waals surface area contributed by atoms with Crippen LogP contribution >= 0.6 is 15.9 Å². The maximum absolute atomic E-state index is 3.78. The van der Waals surface area contributed by atoms with E-state index in [4.69, 9.17) is 0 Å². The molecule has 0 N–H and O–H groups in total. The third kappa shape index (κ3) is 1.60. The topological polar surface area (TPSA) is 0 Å². The second kappa shape index (κ2) is 3.97. The highest BCUT2D eigenvalue weighted by molar-refractivity contribution is 9.10. The van der Waals surface area contributed by atoms with E-state index in [2.05, 4.69) is 58.9 Å². The maximum Gasteiger partial charge on any atom is 0.0256 e. The summed E-state index contributed by atoms with van der Waals surface area (Å²) in [5.41, 5.74) is 1.32. The van der Waals surface area contributed by atoms with Crippen molar-refractivity contribution >= 4 is 26.7 Å². The van der Waals surface area contributed by atoms with Crippen molar-refractivity contribution in [1.82, 2.24) is 0 Å². The zero-order chi connectivity index (χ0) is 9.97. The Hall–Kier alpha value is -1.08. The summed E-state index contributed by atoms with van der Waals surface area (Å²) in [5, 5.41) is 2.58. The van der Waals surface area contributed by atoms with Crippen molar-refractivity contribution in [2.75, 3.05) is 0 Å². The predicted molar refractivity (Wildman–Crippen MR) is 65.5 cm³/mol. The molecule has 0 saturated carbocycles. The largest absolute Gasteiger partial charge is 0.103 e. The zero-order valence-electron chi connectivity index (χ0n) is 7.83. The van der Waals surface area contributed by atoms with Crippen molar-refractivity contribution in [2.24, 2.45) is 0 Å². The van der Waals surface area contributed by atoms with E-state index in [1.54, 1.807) is 0 Å². The van der Waals surface area contributed by atoms with E-state index >= 15 is 0 Å². The van der Waals surface area contributed by atoms with Gasteiger partial charge in [0, 0.05) is 4.47 Å². The van der Waals surface area contributed by atoms with E-state index < -0.39 is 0 Å². The summed E-state index contributed by atoms with van der Waals surface area (Å²) in [7, 11) is 0.